The van der Waals surface area contributed by atoms with Gasteiger partial charge in [0.05, 0.1) is 0 Å². The lowest BCUT2D eigenvalue weighted by molar-refractivity contribution is 0.0953. The van der Waals surface area contributed by atoms with Gasteiger partial charge in [-0.3, -0.25) is 9.69 Å². The van der Waals surface area contributed by atoms with E-state index in [1.54, 1.807) is 0 Å². The Hall–Kier alpha value is -1.35. The van der Waals surface area contributed by atoms with Gasteiger partial charge in [-0.05, 0) is 49.1 Å². The van der Waals surface area contributed by atoms with Gasteiger partial charge in [-0.15, -0.1) is 0 Å². The SMILES string of the molecule is CCCNC(=O)c1ccc2c(c1)CCN(CCC)C2. The van der Waals surface area contributed by atoms with Gasteiger partial charge in [-0.2, -0.15) is 0 Å². The Morgan fingerprint density at radius 2 is 2.11 bits per heavy atom. The largest absolute Gasteiger partial charge is 0.352 e. The van der Waals surface area contributed by atoms with Gasteiger partial charge in [0.15, 0.2) is 0 Å². The smallest absolute Gasteiger partial charge is 0.251 e. The van der Waals surface area contributed by atoms with Crippen LogP contribution in [-0.4, -0.2) is 30.4 Å². The highest BCUT2D eigenvalue weighted by atomic mass is 16.1. The number of rotatable bonds is 5. The Kier molecular flexibility index (Phi) is 4.97. The van der Waals surface area contributed by atoms with Crippen LogP contribution in [0.25, 0.3) is 0 Å². The number of hydrogen-bond acceptors (Lipinski definition) is 2. The first-order valence-corrected chi connectivity index (χ1v) is 7.37. The van der Waals surface area contributed by atoms with Crippen LogP contribution in [0.4, 0.5) is 0 Å². The molecule has 0 saturated carbocycles. The summed E-state index contributed by atoms with van der Waals surface area (Å²) in [6, 6.07) is 6.15. The van der Waals surface area contributed by atoms with Crippen molar-refractivity contribution in [1.29, 1.82) is 0 Å². The van der Waals surface area contributed by atoms with E-state index in [0.29, 0.717) is 0 Å². The Bertz CT molecular complexity index is 442. The predicted molar refractivity (Wildman–Crippen MR) is 78.3 cm³/mol. The maximum absolute atomic E-state index is 11.9. The topological polar surface area (TPSA) is 32.3 Å². The third-order valence-electron chi connectivity index (χ3n) is 3.64. The highest BCUT2D eigenvalue weighted by Gasteiger charge is 2.17. The Morgan fingerprint density at radius 3 is 2.84 bits per heavy atom. The van der Waals surface area contributed by atoms with Gasteiger partial charge >= 0.3 is 0 Å². The van der Waals surface area contributed by atoms with Crippen molar-refractivity contribution in [2.45, 2.75) is 39.7 Å². The fraction of sp³-hybridized carbons (Fsp3) is 0.562. The normalized spacial score (nSPS) is 15.1. The number of nitrogens with one attached hydrogen (secondary N) is 1. The van der Waals surface area contributed by atoms with Crippen LogP contribution in [0.5, 0.6) is 0 Å². The lowest BCUT2D eigenvalue weighted by Gasteiger charge is -2.28. The van der Waals surface area contributed by atoms with E-state index in [0.717, 1.165) is 44.6 Å². The first kappa shape index (κ1) is 14.1. The van der Waals surface area contributed by atoms with Crippen molar-refractivity contribution in [3.63, 3.8) is 0 Å². The summed E-state index contributed by atoms with van der Waals surface area (Å²) in [6.45, 7) is 8.34. The van der Waals surface area contributed by atoms with Gasteiger partial charge in [0.1, 0.15) is 0 Å². The number of amides is 1. The van der Waals surface area contributed by atoms with Gasteiger partial charge in [0.2, 0.25) is 0 Å². The molecule has 19 heavy (non-hydrogen) atoms. The average molecular weight is 260 g/mol. The molecule has 1 aromatic carbocycles. The van der Waals surface area contributed by atoms with Crippen LogP contribution in [0.15, 0.2) is 18.2 Å². The van der Waals surface area contributed by atoms with Crippen molar-refractivity contribution in [3.05, 3.63) is 34.9 Å². The third kappa shape index (κ3) is 3.57. The van der Waals surface area contributed by atoms with E-state index in [2.05, 4.69) is 36.2 Å². The highest BCUT2D eigenvalue weighted by Crippen LogP contribution is 2.20. The second-order valence-electron chi connectivity index (χ2n) is 5.27. The summed E-state index contributed by atoms with van der Waals surface area (Å²) in [4.78, 5) is 14.4. The van der Waals surface area contributed by atoms with Crippen LogP contribution >= 0.6 is 0 Å². The first-order chi connectivity index (χ1) is 9.24. The fourth-order valence-electron chi connectivity index (χ4n) is 2.60. The average Bonchev–Trinajstić information content (AvgIpc) is 2.44. The predicted octanol–water partition coefficient (Wildman–Crippen LogP) is 2.59. The lowest BCUT2D eigenvalue weighted by Crippen LogP contribution is -2.31. The van der Waals surface area contributed by atoms with E-state index >= 15 is 0 Å². The zero-order chi connectivity index (χ0) is 13.7. The standard InChI is InChI=1S/C16H24N2O/c1-3-8-17-16(19)14-5-6-15-12-18(9-4-2)10-7-13(15)11-14/h5-6,11H,3-4,7-10,12H2,1-2H3,(H,17,19). The van der Waals surface area contributed by atoms with Gasteiger partial charge in [-0.25, -0.2) is 0 Å². The van der Waals surface area contributed by atoms with E-state index < -0.39 is 0 Å². The summed E-state index contributed by atoms with van der Waals surface area (Å²) in [7, 11) is 0. The molecule has 1 heterocycles. The molecule has 0 radical (unpaired) electrons. The van der Waals surface area contributed by atoms with Crippen molar-refractivity contribution >= 4 is 5.91 Å². The molecule has 1 aliphatic rings. The van der Waals surface area contributed by atoms with E-state index in [1.165, 1.54) is 17.5 Å². The molecule has 104 valence electrons. The monoisotopic (exact) mass is 260 g/mol. The number of hydrogen-bond donors (Lipinski definition) is 1. The molecule has 0 aromatic heterocycles. The van der Waals surface area contributed by atoms with Gasteiger partial charge in [0.25, 0.3) is 5.91 Å². The first-order valence-electron chi connectivity index (χ1n) is 7.37. The number of carbonyl (C=O) groups is 1. The molecule has 0 aliphatic carbocycles. The molecule has 0 atom stereocenters. The molecule has 1 amide bonds. The maximum atomic E-state index is 11.9. The molecular weight excluding hydrogens is 236 g/mol. The number of nitrogens with zero attached hydrogens (tertiary/aromatic N) is 1. The Labute approximate surface area is 116 Å². The summed E-state index contributed by atoms with van der Waals surface area (Å²) in [5, 5.41) is 2.94. The van der Waals surface area contributed by atoms with Crippen molar-refractivity contribution in [2.24, 2.45) is 0 Å². The van der Waals surface area contributed by atoms with Crippen LogP contribution in [0, 0.1) is 0 Å². The molecule has 0 bridgehead atoms. The molecule has 0 unspecified atom stereocenters. The van der Waals surface area contributed by atoms with Crippen LogP contribution < -0.4 is 5.32 Å². The Morgan fingerprint density at radius 1 is 1.26 bits per heavy atom. The number of benzene rings is 1. The summed E-state index contributed by atoms with van der Waals surface area (Å²) < 4.78 is 0. The number of carbonyl (C=O) groups excluding carboxylic acids is 1. The highest BCUT2D eigenvalue weighted by molar-refractivity contribution is 5.94. The minimum atomic E-state index is 0.0561. The van der Waals surface area contributed by atoms with Crippen LogP contribution in [0.3, 0.4) is 0 Å². The summed E-state index contributed by atoms with van der Waals surface area (Å²) in [6.07, 6.45) is 3.24. The molecular formula is C16H24N2O. The van der Waals surface area contributed by atoms with Gasteiger partial charge in [0, 0.05) is 25.2 Å². The molecule has 1 aliphatic heterocycles. The maximum Gasteiger partial charge on any atom is 0.251 e. The zero-order valence-corrected chi connectivity index (χ0v) is 12.0. The summed E-state index contributed by atoms with van der Waals surface area (Å²) >= 11 is 0. The van der Waals surface area contributed by atoms with E-state index in [-0.39, 0.29) is 5.91 Å². The minimum Gasteiger partial charge on any atom is -0.352 e. The van der Waals surface area contributed by atoms with Crippen molar-refractivity contribution in [2.75, 3.05) is 19.6 Å². The third-order valence-corrected chi connectivity index (χ3v) is 3.64. The Balaban J connectivity index is 2.06. The molecule has 0 fully saturated rings. The second kappa shape index (κ2) is 6.71. The number of fused-ring (bicyclic) bond motifs is 1. The molecule has 1 N–H and O–H groups in total. The van der Waals surface area contributed by atoms with Crippen molar-refractivity contribution in [3.8, 4) is 0 Å². The van der Waals surface area contributed by atoms with Crippen LogP contribution in [0.1, 0.15) is 48.2 Å². The molecule has 2 rings (SSSR count). The second-order valence-corrected chi connectivity index (χ2v) is 5.27. The van der Waals surface area contributed by atoms with Crippen LogP contribution in [0.2, 0.25) is 0 Å². The summed E-state index contributed by atoms with van der Waals surface area (Å²) in [5.74, 6) is 0.0561. The van der Waals surface area contributed by atoms with E-state index in [4.69, 9.17) is 0 Å². The molecule has 0 saturated heterocycles. The molecule has 3 heteroatoms. The van der Waals surface area contributed by atoms with Crippen molar-refractivity contribution in [1.82, 2.24) is 10.2 Å². The quantitative estimate of drug-likeness (QED) is 0.882. The van der Waals surface area contributed by atoms with Gasteiger partial charge < -0.3 is 5.32 Å². The lowest BCUT2D eigenvalue weighted by atomic mass is 9.97. The van der Waals surface area contributed by atoms with Crippen LogP contribution in [-0.2, 0) is 13.0 Å². The van der Waals surface area contributed by atoms with Gasteiger partial charge in [-0.1, -0.05) is 19.9 Å². The van der Waals surface area contributed by atoms with Crippen molar-refractivity contribution < 1.29 is 4.79 Å². The van der Waals surface area contributed by atoms with E-state index in [1.807, 2.05) is 6.07 Å². The fourth-order valence-corrected chi connectivity index (χ4v) is 2.60. The molecule has 3 nitrogen and oxygen atoms in total. The molecule has 1 aromatic rings. The van der Waals surface area contributed by atoms with E-state index in [9.17, 15) is 4.79 Å². The molecule has 0 spiro atoms. The minimum absolute atomic E-state index is 0.0561. The summed E-state index contributed by atoms with van der Waals surface area (Å²) in [5.41, 5.74) is 3.53. The zero-order valence-electron chi connectivity index (χ0n) is 12.0.